The second kappa shape index (κ2) is 6.09. The molecule has 1 aromatic carbocycles. The zero-order chi connectivity index (χ0) is 15.3. The van der Waals surface area contributed by atoms with Crippen LogP contribution in [0, 0.1) is 0 Å². The molecule has 0 amide bonds. The first-order chi connectivity index (χ1) is 9.17. The van der Waals surface area contributed by atoms with Gasteiger partial charge in [0.05, 0.1) is 12.0 Å². The number of hydrogen-bond donors (Lipinski definition) is 2. The van der Waals surface area contributed by atoms with E-state index >= 15 is 0 Å². The molecule has 0 spiro atoms. The Morgan fingerprint density at radius 2 is 1.85 bits per heavy atom. The molecule has 1 rings (SSSR count). The van der Waals surface area contributed by atoms with Crippen LogP contribution in [-0.4, -0.2) is 28.5 Å². The van der Waals surface area contributed by atoms with Crippen LogP contribution in [0.3, 0.4) is 0 Å². The van der Waals surface area contributed by atoms with Crippen LogP contribution in [0.15, 0.2) is 24.3 Å². The van der Waals surface area contributed by atoms with E-state index in [2.05, 4.69) is 4.74 Å². The van der Waals surface area contributed by atoms with E-state index in [0.29, 0.717) is 0 Å². The maximum absolute atomic E-state index is 12.1. The fourth-order valence-electron chi connectivity index (χ4n) is 1.33. The molecule has 0 bridgehead atoms. The van der Waals surface area contributed by atoms with E-state index in [1.807, 2.05) is 0 Å². The number of benzene rings is 1. The molecular formula is C12H9F3O5. The Kier molecular flexibility index (Phi) is 4.73. The Morgan fingerprint density at radius 3 is 2.35 bits per heavy atom. The third-order valence-corrected chi connectivity index (χ3v) is 2.01. The van der Waals surface area contributed by atoms with Crippen LogP contribution in [0.5, 0.6) is 5.75 Å². The van der Waals surface area contributed by atoms with Gasteiger partial charge in [0.15, 0.2) is 0 Å². The molecule has 0 fully saturated rings. The highest BCUT2D eigenvalue weighted by atomic mass is 19.4. The quantitative estimate of drug-likeness (QED) is 0.871. The fourth-order valence-corrected chi connectivity index (χ4v) is 1.33. The van der Waals surface area contributed by atoms with Crippen molar-refractivity contribution in [3.05, 3.63) is 35.4 Å². The van der Waals surface area contributed by atoms with Gasteiger partial charge in [-0.2, -0.15) is 0 Å². The molecule has 2 N–H and O–H groups in total. The van der Waals surface area contributed by atoms with Crippen molar-refractivity contribution in [2.75, 3.05) is 0 Å². The molecule has 0 aliphatic carbocycles. The predicted octanol–water partition coefficient (Wildman–Crippen LogP) is 2.77. The van der Waals surface area contributed by atoms with Gasteiger partial charge in [-0.05, 0) is 23.8 Å². The molecule has 0 aromatic heterocycles. The van der Waals surface area contributed by atoms with Gasteiger partial charge in [-0.25, -0.2) is 4.79 Å². The van der Waals surface area contributed by atoms with Crippen molar-refractivity contribution in [1.29, 1.82) is 0 Å². The Bertz CT molecular complexity index is 549. The maximum Gasteiger partial charge on any atom is 0.573 e. The summed E-state index contributed by atoms with van der Waals surface area (Å²) in [5.74, 6) is -3.24. The molecule has 0 saturated heterocycles. The third-order valence-electron chi connectivity index (χ3n) is 2.01. The number of hydrogen-bond acceptors (Lipinski definition) is 3. The van der Waals surface area contributed by atoms with Crippen molar-refractivity contribution in [3.63, 3.8) is 0 Å². The minimum Gasteiger partial charge on any atom is -0.481 e. The average Bonchev–Trinajstić information content (AvgIpc) is 2.25. The van der Waals surface area contributed by atoms with E-state index in [9.17, 15) is 22.8 Å². The minimum atomic E-state index is -4.95. The number of alkyl halides is 3. The monoisotopic (exact) mass is 290 g/mol. The molecule has 20 heavy (non-hydrogen) atoms. The number of carboxylic acid groups (broad SMARTS) is 2. The highest BCUT2D eigenvalue weighted by molar-refractivity contribution is 5.89. The van der Waals surface area contributed by atoms with Gasteiger partial charge in [-0.3, -0.25) is 4.79 Å². The Hall–Kier alpha value is -2.51. The molecule has 0 heterocycles. The normalized spacial score (nSPS) is 11.6. The number of carboxylic acids is 2. The van der Waals surface area contributed by atoms with Gasteiger partial charge in [0.2, 0.25) is 0 Å². The fraction of sp³-hybridized carbons (Fsp3) is 0.167. The molecule has 0 radical (unpaired) electrons. The van der Waals surface area contributed by atoms with E-state index in [-0.39, 0.29) is 12.0 Å². The minimum absolute atomic E-state index is 0.0883. The molecule has 0 atom stereocenters. The third kappa shape index (κ3) is 5.42. The lowest BCUT2D eigenvalue weighted by atomic mass is 10.1. The largest absolute Gasteiger partial charge is 0.573 e. The van der Waals surface area contributed by atoms with E-state index in [4.69, 9.17) is 10.2 Å². The van der Waals surface area contributed by atoms with E-state index in [0.717, 1.165) is 18.2 Å². The standard InChI is InChI=1S/C12H9F3O5/c13-12(14,15)20-9-5-7(2-1-3-10(16)17)4-8(6-9)11(18)19/h1-2,4-6H,3H2,(H,16,17)(H,18,19). The lowest BCUT2D eigenvalue weighted by Crippen LogP contribution is -2.17. The average molecular weight is 290 g/mol. The second-order valence-electron chi connectivity index (χ2n) is 3.64. The summed E-state index contributed by atoms with van der Waals surface area (Å²) in [7, 11) is 0. The number of aliphatic carboxylic acids is 1. The highest BCUT2D eigenvalue weighted by Crippen LogP contribution is 2.25. The SMILES string of the molecule is O=C(O)CC=Cc1cc(OC(F)(F)F)cc(C(=O)O)c1. The Morgan fingerprint density at radius 1 is 1.20 bits per heavy atom. The number of ether oxygens (including phenoxy) is 1. The summed E-state index contributed by atoms with van der Waals surface area (Å²) < 4.78 is 39.9. The Labute approximate surface area is 110 Å². The zero-order valence-electron chi connectivity index (χ0n) is 9.85. The first-order valence-corrected chi connectivity index (χ1v) is 5.20. The van der Waals surface area contributed by atoms with E-state index < -0.39 is 29.6 Å². The summed E-state index contributed by atoms with van der Waals surface area (Å²) in [5.41, 5.74) is -0.313. The van der Waals surface area contributed by atoms with Crippen molar-refractivity contribution < 1.29 is 37.7 Å². The molecule has 0 saturated carbocycles. The predicted molar refractivity (Wildman–Crippen MR) is 61.4 cm³/mol. The number of carbonyl (C=O) groups is 2. The summed E-state index contributed by atoms with van der Waals surface area (Å²) >= 11 is 0. The smallest absolute Gasteiger partial charge is 0.481 e. The first-order valence-electron chi connectivity index (χ1n) is 5.20. The summed E-state index contributed by atoms with van der Waals surface area (Å²) in [6.45, 7) is 0. The van der Waals surface area contributed by atoms with Gasteiger partial charge in [0, 0.05) is 0 Å². The first kappa shape index (κ1) is 15.5. The van der Waals surface area contributed by atoms with E-state index in [1.54, 1.807) is 0 Å². The van der Waals surface area contributed by atoms with Crippen LogP contribution in [-0.2, 0) is 4.79 Å². The summed E-state index contributed by atoms with van der Waals surface area (Å²) in [5, 5.41) is 17.2. The van der Waals surface area contributed by atoms with Crippen LogP contribution in [0.25, 0.3) is 6.08 Å². The van der Waals surface area contributed by atoms with Crippen molar-refractivity contribution in [2.45, 2.75) is 12.8 Å². The molecule has 8 heteroatoms. The van der Waals surface area contributed by atoms with Crippen molar-refractivity contribution in [1.82, 2.24) is 0 Å². The van der Waals surface area contributed by atoms with Crippen LogP contribution in [0.4, 0.5) is 13.2 Å². The van der Waals surface area contributed by atoms with Gasteiger partial charge in [-0.1, -0.05) is 12.2 Å². The molecule has 1 aromatic rings. The van der Waals surface area contributed by atoms with Crippen molar-refractivity contribution >= 4 is 18.0 Å². The van der Waals surface area contributed by atoms with Gasteiger partial charge in [0.25, 0.3) is 0 Å². The summed E-state index contributed by atoms with van der Waals surface area (Å²) in [6.07, 6.45) is -2.91. The maximum atomic E-state index is 12.1. The second-order valence-corrected chi connectivity index (χ2v) is 3.64. The summed E-state index contributed by atoms with van der Waals surface area (Å²) in [6, 6.07) is 2.78. The lowest BCUT2D eigenvalue weighted by molar-refractivity contribution is -0.274. The summed E-state index contributed by atoms with van der Waals surface area (Å²) in [4.78, 5) is 21.1. The molecule has 0 aliphatic rings. The van der Waals surface area contributed by atoms with Gasteiger partial charge < -0.3 is 14.9 Å². The van der Waals surface area contributed by atoms with Gasteiger partial charge in [-0.15, -0.1) is 13.2 Å². The number of halogens is 3. The van der Waals surface area contributed by atoms with Crippen LogP contribution in [0.2, 0.25) is 0 Å². The van der Waals surface area contributed by atoms with Crippen LogP contribution >= 0.6 is 0 Å². The molecule has 5 nitrogen and oxygen atoms in total. The van der Waals surface area contributed by atoms with Gasteiger partial charge >= 0.3 is 18.3 Å². The molecule has 0 aliphatic heterocycles. The Balaban J connectivity index is 3.07. The number of aromatic carboxylic acids is 1. The topological polar surface area (TPSA) is 83.8 Å². The zero-order valence-corrected chi connectivity index (χ0v) is 9.85. The van der Waals surface area contributed by atoms with Crippen molar-refractivity contribution in [2.24, 2.45) is 0 Å². The molecule has 108 valence electrons. The van der Waals surface area contributed by atoms with Gasteiger partial charge in [0.1, 0.15) is 5.75 Å². The van der Waals surface area contributed by atoms with Crippen LogP contribution in [0.1, 0.15) is 22.3 Å². The van der Waals surface area contributed by atoms with Crippen molar-refractivity contribution in [3.8, 4) is 5.75 Å². The highest BCUT2D eigenvalue weighted by Gasteiger charge is 2.31. The van der Waals surface area contributed by atoms with E-state index in [1.165, 1.54) is 12.2 Å². The number of rotatable bonds is 5. The molecular weight excluding hydrogens is 281 g/mol. The molecule has 0 unspecified atom stereocenters. The lowest BCUT2D eigenvalue weighted by Gasteiger charge is -2.10. The van der Waals surface area contributed by atoms with Crippen LogP contribution < -0.4 is 4.74 Å².